The predicted octanol–water partition coefficient (Wildman–Crippen LogP) is 0.0961. The molecule has 2 N–H and O–H groups in total. The molecular formula is C11H18N4O. The Bertz CT molecular complexity index is 355. The van der Waals surface area contributed by atoms with Crippen LogP contribution in [0.5, 0.6) is 0 Å². The van der Waals surface area contributed by atoms with Crippen molar-refractivity contribution < 1.29 is 4.79 Å². The first kappa shape index (κ1) is 11.1. The number of amides is 1. The molecule has 1 aromatic heterocycles. The Balaban J connectivity index is 1.93. The highest BCUT2D eigenvalue weighted by Crippen LogP contribution is 2.21. The minimum atomic E-state index is 0.0178. The van der Waals surface area contributed by atoms with Crippen molar-refractivity contribution in [3.63, 3.8) is 0 Å². The number of carbonyl (C=O) groups excluding carboxylic acids is 1. The lowest BCUT2D eigenvalue weighted by atomic mass is 10.1. The van der Waals surface area contributed by atoms with Crippen LogP contribution in [0.25, 0.3) is 0 Å². The molecule has 0 spiro atoms. The van der Waals surface area contributed by atoms with Crippen molar-refractivity contribution in [2.24, 2.45) is 0 Å². The largest absolute Gasteiger partial charge is 0.355 e. The normalized spacial score (nSPS) is 19.9. The van der Waals surface area contributed by atoms with Crippen LogP contribution >= 0.6 is 0 Å². The van der Waals surface area contributed by atoms with Crippen LogP contribution in [0, 0.1) is 0 Å². The lowest BCUT2D eigenvalue weighted by molar-refractivity contribution is -0.118. The van der Waals surface area contributed by atoms with Crippen LogP contribution in [0.15, 0.2) is 12.5 Å². The molecule has 1 aliphatic heterocycles. The Kier molecular flexibility index (Phi) is 3.56. The molecule has 1 unspecified atom stereocenters. The number of aromatic nitrogens is 2. The van der Waals surface area contributed by atoms with Gasteiger partial charge in [0.05, 0.1) is 6.33 Å². The number of hydrogen-bond donors (Lipinski definition) is 2. The summed E-state index contributed by atoms with van der Waals surface area (Å²) >= 11 is 0. The van der Waals surface area contributed by atoms with Crippen molar-refractivity contribution in [1.29, 1.82) is 0 Å². The fraction of sp³-hybridized carbons (Fsp3) is 0.636. The molecule has 0 aliphatic carbocycles. The fourth-order valence-corrected chi connectivity index (χ4v) is 2.12. The Morgan fingerprint density at radius 2 is 2.62 bits per heavy atom. The van der Waals surface area contributed by atoms with Gasteiger partial charge in [0.1, 0.15) is 0 Å². The summed E-state index contributed by atoms with van der Waals surface area (Å²) in [6.07, 6.45) is 4.95. The number of nitrogens with one attached hydrogen (secondary N) is 2. The van der Waals surface area contributed by atoms with Gasteiger partial charge in [-0.15, -0.1) is 0 Å². The third-order valence-corrected chi connectivity index (χ3v) is 2.95. The predicted molar refractivity (Wildman–Crippen MR) is 61.1 cm³/mol. The van der Waals surface area contributed by atoms with E-state index in [9.17, 15) is 4.79 Å². The smallest absolute Gasteiger partial charge is 0.216 e. The Morgan fingerprint density at radius 1 is 1.75 bits per heavy atom. The highest BCUT2D eigenvalue weighted by atomic mass is 16.1. The van der Waals surface area contributed by atoms with Gasteiger partial charge in [0, 0.05) is 44.4 Å². The van der Waals surface area contributed by atoms with Crippen molar-refractivity contribution in [3.8, 4) is 0 Å². The first-order valence-electron chi connectivity index (χ1n) is 5.72. The first-order chi connectivity index (χ1) is 7.77. The van der Waals surface area contributed by atoms with Crippen LogP contribution in [0.4, 0.5) is 0 Å². The number of hydrogen-bond acceptors (Lipinski definition) is 3. The third-order valence-electron chi connectivity index (χ3n) is 2.95. The fourth-order valence-electron chi connectivity index (χ4n) is 2.12. The van der Waals surface area contributed by atoms with Crippen molar-refractivity contribution in [1.82, 2.24) is 20.2 Å². The van der Waals surface area contributed by atoms with E-state index in [1.54, 1.807) is 0 Å². The molecule has 0 radical (unpaired) electrons. The maximum Gasteiger partial charge on any atom is 0.216 e. The van der Waals surface area contributed by atoms with Crippen LogP contribution < -0.4 is 10.6 Å². The van der Waals surface area contributed by atoms with Crippen LogP contribution in [0.2, 0.25) is 0 Å². The summed E-state index contributed by atoms with van der Waals surface area (Å²) in [7, 11) is 0. The number of nitrogens with zero attached hydrogens (tertiary/aromatic N) is 2. The van der Waals surface area contributed by atoms with E-state index < -0.39 is 0 Å². The zero-order valence-corrected chi connectivity index (χ0v) is 9.57. The standard InChI is InChI=1S/C11H18N4O/c1-9(16)14-4-5-15-8-13-7-11(15)10-2-3-12-6-10/h7-8,10,12H,2-6H2,1H3,(H,14,16). The van der Waals surface area contributed by atoms with Gasteiger partial charge in [0.15, 0.2) is 0 Å². The van der Waals surface area contributed by atoms with E-state index >= 15 is 0 Å². The van der Waals surface area contributed by atoms with E-state index in [1.807, 2.05) is 12.5 Å². The van der Waals surface area contributed by atoms with Crippen molar-refractivity contribution in [2.75, 3.05) is 19.6 Å². The maximum absolute atomic E-state index is 10.8. The van der Waals surface area contributed by atoms with Crippen LogP contribution in [0.3, 0.4) is 0 Å². The first-order valence-corrected chi connectivity index (χ1v) is 5.72. The molecule has 0 saturated carbocycles. The Hall–Kier alpha value is -1.36. The SMILES string of the molecule is CC(=O)NCCn1cncc1C1CCNC1. The zero-order chi connectivity index (χ0) is 11.4. The molecule has 5 nitrogen and oxygen atoms in total. The summed E-state index contributed by atoms with van der Waals surface area (Å²) in [6.45, 7) is 5.12. The van der Waals surface area contributed by atoms with Crippen molar-refractivity contribution >= 4 is 5.91 Å². The van der Waals surface area contributed by atoms with Gasteiger partial charge in [-0.05, 0) is 13.0 Å². The summed E-state index contributed by atoms with van der Waals surface area (Å²) in [5.41, 5.74) is 1.27. The van der Waals surface area contributed by atoms with Crippen molar-refractivity contribution in [3.05, 3.63) is 18.2 Å². The summed E-state index contributed by atoms with van der Waals surface area (Å²) in [6, 6.07) is 0. The minimum absolute atomic E-state index is 0.0178. The molecular weight excluding hydrogens is 204 g/mol. The molecule has 1 aliphatic rings. The molecule has 1 fully saturated rings. The molecule has 1 saturated heterocycles. The van der Waals surface area contributed by atoms with Gasteiger partial charge in [-0.25, -0.2) is 4.98 Å². The molecule has 16 heavy (non-hydrogen) atoms. The van der Waals surface area contributed by atoms with Crippen molar-refractivity contribution in [2.45, 2.75) is 25.8 Å². The average Bonchev–Trinajstić information content (AvgIpc) is 2.84. The minimum Gasteiger partial charge on any atom is -0.355 e. The van der Waals surface area contributed by atoms with E-state index in [1.165, 1.54) is 19.0 Å². The quantitative estimate of drug-likeness (QED) is 0.759. The number of carbonyl (C=O) groups is 1. The molecule has 2 heterocycles. The second-order valence-corrected chi connectivity index (χ2v) is 4.18. The van der Waals surface area contributed by atoms with E-state index in [0.29, 0.717) is 12.5 Å². The van der Waals surface area contributed by atoms with E-state index in [0.717, 1.165) is 19.6 Å². The van der Waals surface area contributed by atoms with E-state index in [-0.39, 0.29) is 5.91 Å². The van der Waals surface area contributed by atoms with Crippen LogP contribution in [0.1, 0.15) is 25.0 Å². The molecule has 0 aromatic carbocycles. The summed E-state index contributed by atoms with van der Waals surface area (Å²) in [4.78, 5) is 15.0. The third kappa shape index (κ3) is 2.61. The molecule has 5 heteroatoms. The molecule has 1 aromatic rings. The molecule has 1 atom stereocenters. The monoisotopic (exact) mass is 222 g/mol. The number of rotatable bonds is 4. The van der Waals surface area contributed by atoms with Gasteiger partial charge in [-0.1, -0.05) is 0 Å². The molecule has 88 valence electrons. The Morgan fingerprint density at radius 3 is 3.31 bits per heavy atom. The van der Waals surface area contributed by atoms with E-state index in [4.69, 9.17) is 0 Å². The van der Waals surface area contributed by atoms with Gasteiger partial charge in [-0.3, -0.25) is 4.79 Å². The van der Waals surface area contributed by atoms with Gasteiger partial charge in [0.2, 0.25) is 5.91 Å². The van der Waals surface area contributed by atoms with Gasteiger partial charge < -0.3 is 15.2 Å². The molecule has 0 bridgehead atoms. The topological polar surface area (TPSA) is 59.0 Å². The molecule has 1 amide bonds. The average molecular weight is 222 g/mol. The Labute approximate surface area is 95.2 Å². The molecule has 2 rings (SSSR count). The summed E-state index contributed by atoms with van der Waals surface area (Å²) in [5, 5.41) is 6.15. The second kappa shape index (κ2) is 5.12. The van der Waals surface area contributed by atoms with Crippen LogP contribution in [-0.4, -0.2) is 35.1 Å². The number of imidazole rings is 1. The maximum atomic E-state index is 10.8. The highest BCUT2D eigenvalue weighted by Gasteiger charge is 2.19. The summed E-state index contributed by atoms with van der Waals surface area (Å²) < 4.78 is 2.13. The van der Waals surface area contributed by atoms with Crippen LogP contribution in [-0.2, 0) is 11.3 Å². The summed E-state index contributed by atoms with van der Waals surface area (Å²) in [5.74, 6) is 0.587. The lowest BCUT2D eigenvalue weighted by Crippen LogP contribution is -2.25. The highest BCUT2D eigenvalue weighted by molar-refractivity contribution is 5.72. The van der Waals surface area contributed by atoms with Gasteiger partial charge in [-0.2, -0.15) is 0 Å². The zero-order valence-electron chi connectivity index (χ0n) is 9.57. The second-order valence-electron chi connectivity index (χ2n) is 4.18. The van der Waals surface area contributed by atoms with Gasteiger partial charge >= 0.3 is 0 Å². The van der Waals surface area contributed by atoms with Gasteiger partial charge in [0.25, 0.3) is 0 Å². The lowest BCUT2D eigenvalue weighted by Gasteiger charge is -2.12. The van der Waals surface area contributed by atoms with E-state index in [2.05, 4.69) is 20.2 Å².